The number of benzene rings is 1. The highest BCUT2D eigenvalue weighted by molar-refractivity contribution is 7.84. The maximum atomic E-state index is 11.0. The first-order valence-electron chi connectivity index (χ1n) is 5.51. The van der Waals surface area contributed by atoms with E-state index in [9.17, 15) is 8.42 Å². The van der Waals surface area contributed by atoms with Crippen LogP contribution in [0.5, 0.6) is 0 Å². The summed E-state index contributed by atoms with van der Waals surface area (Å²) in [6.45, 7) is 1.45. The molecular weight excluding hydrogens is 329 g/mol. The summed E-state index contributed by atoms with van der Waals surface area (Å²) in [4.78, 5) is 0. The second kappa shape index (κ2) is 7.56. The zero-order valence-electron chi connectivity index (χ0n) is 10.9. The molecule has 0 spiro atoms. The van der Waals surface area contributed by atoms with Crippen LogP contribution in [0, 0.1) is 0 Å². The maximum absolute atomic E-state index is 11.0. The van der Waals surface area contributed by atoms with Gasteiger partial charge in [0.2, 0.25) is 0 Å². The molecular formula is C11H15Cl2NO5S. The predicted molar refractivity (Wildman–Crippen MR) is 75.8 cm³/mol. The van der Waals surface area contributed by atoms with Crippen molar-refractivity contribution in [3.63, 3.8) is 0 Å². The van der Waals surface area contributed by atoms with Crippen molar-refractivity contribution >= 4 is 33.5 Å². The average Bonchev–Trinajstić information content (AvgIpc) is 2.31. The minimum atomic E-state index is -4.10. The van der Waals surface area contributed by atoms with Crippen LogP contribution < -0.4 is 5.14 Å². The van der Waals surface area contributed by atoms with Crippen LogP contribution in [0.25, 0.3) is 0 Å². The Morgan fingerprint density at radius 1 is 1.30 bits per heavy atom. The number of rotatable bonds is 7. The fourth-order valence-corrected chi connectivity index (χ4v) is 2.43. The summed E-state index contributed by atoms with van der Waals surface area (Å²) in [5.74, 6) is 0. The van der Waals surface area contributed by atoms with Crippen molar-refractivity contribution in [2.24, 2.45) is 5.14 Å². The predicted octanol–water partition coefficient (Wildman–Crippen LogP) is 2.26. The Balaban J connectivity index is 3.01. The smallest absolute Gasteiger partial charge is 0.333 e. The number of nitrogens with two attached hydrogens (primary N) is 1. The lowest BCUT2D eigenvalue weighted by molar-refractivity contribution is -0.104. The van der Waals surface area contributed by atoms with Gasteiger partial charge in [-0.05, 0) is 24.6 Å². The zero-order chi connectivity index (χ0) is 15.3. The molecule has 0 aliphatic carbocycles. The maximum Gasteiger partial charge on any atom is 0.333 e. The summed E-state index contributed by atoms with van der Waals surface area (Å²) >= 11 is 11.8. The molecule has 0 aliphatic rings. The van der Waals surface area contributed by atoms with E-state index in [-0.39, 0.29) is 6.79 Å². The van der Waals surface area contributed by atoms with E-state index in [1.165, 1.54) is 14.0 Å². The van der Waals surface area contributed by atoms with Crippen LogP contribution in [0.1, 0.15) is 18.6 Å². The van der Waals surface area contributed by atoms with Crippen LogP contribution in [-0.4, -0.2) is 28.4 Å². The van der Waals surface area contributed by atoms with Gasteiger partial charge in [0.05, 0.1) is 10.0 Å². The van der Waals surface area contributed by atoms with Gasteiger partial charge < -0.3 is 9.47 Å². The van der Waals surface area contributed by atoms with Crippen LogP contribution in [0.15, 0.2) is 18.2 Å². The van der Waals surface area contributed by atoms with Crippen molar-refractivity contribution in [2.45, 2.75) is 19.1 Å². The van der Waals surface area contributed by atoms with Crippen LogP contribution in [0.2, 0.25) is 10.0 Å². The van der Waals surface area contributed by atoms with Crippen molar-refractivity contribution in [3.8, 4) is 0 Å². The molecule has 2 atom stereocenters. The number of methoxy groups -OCH3 is 1. The van der Waals surface area contributed by atoms with Crippen molar-refractivity contribution in [1.82, 2.24) is 0 Å². The molecule has 114 valence electrons. The van der Waals surface area contributed by atoms with E-state index in [2.05, 4.69) is 0 Å². The number of ether oxygens (including phenoxy) is 2. The summed E-state index contributed by atoms with van der Waals surface area (Å²) in [5.41, 5.74) is 0.590. The molecule has 6 nitrogen and oxygen atoms in total. The molecule has 1 rings (SSSR count). The third-order valence-electron chi connectivity index (χ3n) is 2.35. The van der Waals surface area contributed by atoms with Gasteiger partial charge in [0.1, 0.15) is 19.0 Å². The van der Waals surface area contributed by atoms with E-state index in [1.54, 1.807) is 18.2 Å². The van der Waals surface area contributed by atoms with Crippen molar-refractivity contribution < 1.29 is 22.1 Å². The van der Waals surface area contributed by atoms with Gasteiger partial charge in [-0.3, -0.25) is 4.18 Å². The van der Waals surface area contributed by atoms with Crippen LogP contribution in [-0.2, 0) is 24.0 Å². The lowest BCUT2D eigenvalue weighted by Crippen LogP contribution is -2.28. The molecule has 0 bridgehead atoms. The average molecular weight is 344 g/mol. The van der Waals surface area contributed by atoms with Gasteiger partial charge in [-0.25, -0.2) is 5.14 Å². The van der Waals surface area contributed by atoms with Gasteiger partial charge in [-0.15, -0.1) is 0 Å². The zero-order valence-corrected chi connectivity index (χ0v) is 13.2. The number of hydrogen-bond donors (Lipinski definition) is 1. The third-order valence-corrected chi connectivity index (χ3v) is 3.66. The Kier molecular flexibility index (Phi) is 6.67. The highest BCUT2D eigenvalue weighted by Crippen LogP contribution is 2.30. The first kappa shape index (κ1) is 17.6. The molecule has 1 aromatic carbocycles. The Labute approximate surface area is 128 Å². The topological polar surface area (TPSA) is 87.8 Å². The fraction of sp³-hybridized carbons (Fsp3) is 0.455. The fourth-order valence-electron chi connectivity index (χ4n) is 1.60. The minimum Gasteiger partial charge on any atom is -0.359 e. The molecule has 0 radical (unpaired) electrons. The molecule has 0 unspecified atom stereocenters. The lowest BCUT2D eigenvalue weighted by Gasteiger charge is -2.23. The lowest BCUT2D eigenvalue weighted by atomic mass is 10.1. The first-order valence-corrected chi connectivity index (χ1v) is 7.74. The van der Waals surface area contributed by atoms with E-state index in [4.69, 9.17) is 42.0 Å². The van der Waals surface area contributed by atoms with E-state index in [0.717, 1.165) is 0 Å². The van der Waals surface area contributed by atoms with Crippen LogP contribution in [0.3, 0.4) is 0 Å². The largest absolute Gasteiger partial charge is 0.359 e. The van der Waals surface area contributed by atoms with Gasteiger partial charge in [-0.2, -0.15) is 8.42 Å². The van der Waals surface area contributed by atoms with E-state index in [0.29, 0.717) is 15.6 Å². The van der Waals surface area contributed by atoms with Crippen LogP contribution >= 0.6 is 23.2 Å². The Hall–Kier alpha value is -0.410. The SMILES string of the molecule is COCO[C@H](c1ccc(Cl)c(Cl)c1)[C@@H](C)OS(N)(=O)=O. The van der Waals surface area contributed by atoms with Crippen molar-refractivity contribution in [2.75, 3.05) is 13.9 Å². The first-order chi connectivity index (χ1) is 9.24. The Bertz CT molecular complexity index is 552. The molecule has 9 heteroatoms. The highest BCUT2D eigenvalue weighted by atomic mass is 35.5. The van der Waals surface area contributed by atoms with Gasteiger partial charge in [0.25, 0.3) is 0 Å². The molecule has 1 aromatic rings. The second-order valence-electron chi connectivity index (χ2n) is 3.96. The standard InChI is InChI=1S/C11H15Cl2NO5S/c1-7(19-20(14,15)16)11(18-6-17-2)8-3-4-9(12)10(13)5-8/h3-5,7,11H,6H2,1-2H3,(H2,14,15,16)/t7-,11+/m1/s1. The second-order valence-corrected chi connectivity index (χ2v) is 5.95. The molecule has 0 fully saturated rings. The molecule has 2 N–H and O–H groups in total. The molecule has 0 saturated heterocycles. The minimum absolute atomic E-state index is 0.0524. The summed E-state index contributed by atoms with van der Waals surface area (Å²) in [5, 5.41) is 5.54. The van der Waals surface area contributed by atoms with Crippen LogP contribution in [0.4, 0.5) is 0 Å². The van der Waals surface area contributed by atoms with E-state index in [1.807, 2.05) is 0 Å². The molecule has 0 amide bonds. The Morgan fingerprint density at radius 3 is 2.45 bits per heavy atom. The van der Waals surface area contributed by atoms with Gasteiger partial charge >= 0.3 is 10.3 Å². The monoisotopic (exact) mass is 343 g/mol. The highest BCUT2D eigenvalue weighted by Gasteiger charge is 2.25. The number of halogens is 2. The summed E-state index contributed by atoms with van der Waals surface area (Å²) < 4.78 is 36.9. The summed E-state index contributed by atoms with van der Waals surface area (Å²) in [6, 6.07) is 4.79. The molecule has 20 heavy (non-hydrogen) atoms. The summed E-state index contributed by atoms with van der Waals surface area (Å²) in [6.07, 6.45) is -1.60. The van der Waals surface area contributed by atoms with Gasteiger partial charge in [-0.1, -0.05) is 29.3 Å². The van der Waals surface area contributed by atoms with Crippen molar-refractivity contribution in [3.05, 3.63) is 33.8 Å². The Morgan fingerprint density at radius 2 is 1.95 bits per heavy atom. The third kappa shape index (κ3) is 5.53. The van der Waals surface area contributed by atoms with Gasteiger partial charge in [0, 0.05) is 7.11 Å². The molecule has 0 heterocycles. The quantitative estimate of drug-likeness (QED) is 0.767. The van der Waals surface area contributed by atoms with Gasteiger partial charge in [0.15, 0.2) is 0 Å². The molecule has 0 aromatic heterocycles. The van der Waals surface area contributed by atoms with Crippen molar-refractivity contribution in [1.29, 1.82) is 0 Å². The normalized spacial score (nSPS) is 15.1. The molecule has 0 saturated carbocycles. The number of hydrogen-bond acceptors (Lipinski definition) is 5. The summed E-state index contributed by atoms with van der Waals surface area (Å²) in [7, 11) is -2.66. The van der Waals surface area contributed by atoms with E-state index >= 15 is 0 Å². The van der Waals surface area contributed by atoms with E-state index < -0.39 is 22.5 Å². The molecule has 0 aliphatic heterocycles.